The van der Waals surface area contributed by atoms with Crippen LogP contribution in [0.2, 0.25) is 5.02 Å². The normalized spacial score (nSPS) is 10.5. The second-order valence-corrected chi connectivity index (χ2v) is 6.38. The number of hydrogen-bond donors (Lipinski definition) is 1. The zero-order chi connectivity index (χ0) is 20.1. The Balaban J connectivity index is 1.83. The number of rotatable bonds is 6. The number of nitrogens with zero attached hydrogens (tertiary/aromatic N) is 3. The second kappa shape index (κ2) is 8.67. The molecule has 0 fully saturated rings. The molecule has 0 radical (unpaired) electrons. The lowest BCUT2D eigenvalue weighted by Crippen LogP contribution is -2.14. The van der Waals surface area contributed by atoms with E-state index >= 15 is 0 Å². The van der Waals surface area contributed by atoms with Crippen LogP contribution in [0.3, 0.4) is 0 Å². The van der Waals surface area contributed by atoms with Crippen LogP contribution in [-0.2, 0) is 22.4 Å². The summed E-state index contributed by atoms with van der Waals surface area (Å²) in [6.45, 7) is 1.93. The van der Waals surface area contributed by atoms with Crippen molar-refractivity contribution < 1.29 is 14.3 Å². The van der Waals surface area contributed by atoms with Crippen LogP contribution in [0.4, 0.5) is 5.69 Å². The Morgan fingerprint density at radius 1 is 1.18 bits per heavy atom. The lowest BCUT2D eigenvalue weighted by molar-refractivity contribution is -0.139. The summed E-state index contributed by atoms with van der Waals surface area (Å²) in [5.41, 5.74) is 1.93. The highest BCUT2D eigenvalue weighted by molar-refractivity contribution is 6.32. The third-order valence-electron chi connectivity index (χ3n) is 4.04. The number of hydrogen-bond acceptors (Lipinski definition) is 5. The van der Waals surface area contributed by atoms with E-state index in [0.29, 0.717) is 28.6 Å². The van der Waals surface area contributed by atoms with Crippen molar-refractivity contribution in [3.63, 3.8) is 0 Å². The van der Waals surface area contributed by atoms with E-state index in [2.05, 4.69) is 20.1 Å². The van der Waals surface area contributed by atoms with Gasteiger partial charge in [-0.3, -0.25) is 9.59 Å². The summed E-state index contributed by atoms with van der Waals surface area (Å²) in [7, 11) is 1.33. The third kappa shape index (κ3) is 4.37. The number of methoxy groups -OCH3 is 1. The van der Waals surface area contributed by atoms with Gasteiger partial charge in [-0.05, 0) is 29.8 Å². The van der Waals surface area contributed by atoms with Crippen molar-refractivity contribution >= 4 is 29.2 Å². The van der Waals surface area contributed by atoms with E-state index in [-0.39, 0.29) is 18.2 Å². The maximum atomic E-state index is 12.6. The van der Waals surface area contributed by atoms with Crippen molar-refractivity contribution in [2.75, 3.05) is 12.4 Å². The summed E-state index contributed by atoms with van der Waals surface area (Å²) < 4.78 is 6.24. The van der Waals surface area contributed by atoms with Gasteiger partial charge in [0.05, 0.1) is 24.2 Å². The van der Waals surface area contributed by atoms with Crippen molar-refractivity contribution in [3.05, 3.63) is 70.8 Å². The number of carbonyl (C=O) groups excluding carboxylic acids is 2. The summed E-state index contributed by atoms with van der Waals surface area (Å²) >= 11 is 6.25. The maximum absolute atomic E-state index is 12.6. The molecule has 0 saturated carbocycles. The first-order chi connectivity index (χ1) is 13.5. The van der Waals surface area contributed by atoms with Crippen LogP contribution in [0.5, 0.6) is 0 Å². The van der Waals surface area contributed by atoms with Gasteiger partial charge in [-0.15, -0.1) is 5.10 Å². The molecule has 28 heavy (non-hydrogen) atoms. The van der Waals surface area contributed by atoms with Gasteiger partial charge in [-0.1, -0.05) is 42.8 Å². The number of anilines is 1. The van der Waals surface area contributed by atoms with Crippen molar-refractivity contribution in [1.82, 2.24) is 14.8 Å². The molecule has 0 aliphatic carbocycles. The molecule has 0 aliphatic rings. The van der Waals surface area contributed by atoms with Gasteiger partial charge in [0.2, 0.25) is 5.82 Å². The van der Waals surface area contributed by atoms with E-state index in [1.807, 2.05) is 25.1 Å². The molecule has 1 amide bonds. The number of aromatic nitrogens is 3. The van der Waals surface area contributed by atoms with Crippen LogP contribution in [0.1, 0.15) is 28.9 Å². The zero-order valence-electron chi connectivity index (χ0n) is 15.5. The number of esters is 1. The molecule has 8 heteroatoms. The smallest absolute Gasteiger partial charge is 0.309 e. The van der Waals surface area contributed by atoms with Crippen LogP contribution >= 0.6 is 11.6 Å². The molecule has 2 aromatic carbocycles. The van der Waals surface area contributed by atoms with E-state index in [4.69, 9.17) is 11.6 Å². The topological polar surface area (TPSA) is 86.1 Å². The van der Waals surface area contributed by atoms with Crippen LogP contribution < -0.4 is 5.32 Å². The number of benzene rings is 2. The lowest BCUT2D eigenvalue weighted by Gasteiger charge is -2.06. The SMILES string of the molecule is CCc1nc(C(=O)Nc2cccc(CC(=O)OC)c2)nn1-c1ccccc1Cl. The first kappa shape index (κ1) is 19.6. The molecule has 0 saturated heterocycles. The number of carbonyl (C=O) groups is 2. The second-order valence-electron chi connectivity index (χ2n) is 5.98. The van der Waals surface area contributed by atoms with E-state index < -0.39 is 5.91 Å². The fourth-order valence-corrected chi connectivity index (χ4v) is 2.89. The molecule has 0 spiro atoms. The number of nitrogens with one attached hydrogen (secondary N) is 1. The summed E-state index contributed by atoms with van der Waals surface area (Å²) in [6, 6.07) is 14.2. The summed E-state index contributed by atoms with van der Waals surface area (Å²) in [4.78, 5) is 28.4. The van der Waals surface area contributed by atoms with Crippen LogP contribution in [0, 0.1) is 0 Å². The van der Waals surface area contributed by atoms with Crippen molar-refractivity contribution in [2.24, 2.45) is 0 Å². The van der Waals surface area contributed by atoms with Gasteiger partial charge in [-0.2, -0.15) is 0 Å². The largest absolute Gasteiger partial charge is 0.469 e. The predicted molar refractivity (Wildman–Crippen MR) is 106 cm³/mol. The Labute approximate surface area is 167 Å². The van der Waals surface area contributed by atoms with Gasteiger partial charge in [0.1, 0.15) is 5.82 Å². The molecule has 0 aliphatic heterocycles. The van der Waals surface area contributed by atoms with E-state index in [9.17, 15) is 9.59 Å². The zero-order valence-corrected chi connectivity index (χ0v) is 16.2. The summed E-state index contributed by atoms with van der Waals surface area (Å²) in [6.07, 6.45) is 0.708. The van der Waals surface area contributed by atoms with E-state index in [1.165, 1.54) is 7.11 Å². The molecular formula is C20H19ClN4O3. The van der Waals surface area contributed by atoms with Gasteiger partial charge >= 0.3 is 5.97 Å². The first-order valence-corrected chi connectivity index (χ1v) is 9.07. The minimum atomic E-state index is -0.448. The molecule has 3 aromatic rings. The standard InChI is InChI=1S/C20H19ClN4O3/c1-3-17-23-19(24-25(17)16-10-5-4-9-15(16)21)20(27)22-14-8-6-7-13(11-14)12-18(26)28-2/h4-11H,3,12H2,1-2H3,(H,22,27). The highest BCUT2D eigenvalue weighted by Gasteiger charge is 2.18. The number of amides is 1. The van der Waals surface area contributed by atoms with Gasteiger partial charge in [0.15, 0.2) is 0 Å². The molecule has 0 unspecified atom stereocenters. The summed E-state index contributed by atoms with van der Waals surface area (Å²) in [5.74, 6) is -0.139. The fraction of sp³-hybridized carbons (Fsp3) is 0.200. The molecule has 1 heterocycles. The first-order valence-electron chi connectivity index (χ1n) is 8.69. The highest BCUT2D eigenvalue weighted by Crippen LogP contribution is 2.21. The molecule has 1 aromatic heterocycles. The fourth-order valence-electron chi connectivity index (χ4n) is 2.67. The van der Waals surface area contributed by atoms with Crippen LogP contribution in [0.15, 0.2) is 48.5 Å². The maximum Gasteiger partial charge on any atom is 0.309 e. The number of halogens is 1. The lowest BCUT2D eigenvalue weighted by atomic mass is 10.1. The van der Waals surface area contributed by atoms with Gasteiger partial charge in [0.25, 0.3) is 5.91 Å². The highest BCUT2D eigenvalue weighted by atomic mass is 35.5. The molecular weight excluding hydrogens is 380 g/mol. The van der Waals surface area contributed by atoms with E-state index in [0.717, 1.165) is 5.56 Å². The predicted octanol–water partition coefficient (Wildman–Crippen LogP) is 3.45. The monoisotopic (exact) mass is 398 g/mol. The van der Waals surface area contributed by atoms with Crippen LogP contribution in [-0.4, -0.2) is 33.8 Å². The van der Waals surface area contributed by atoms with Gasteiger partial charge < -0.3 is 10.1 Å². The molecule has 7 nitrogen and oxygen atoms in total. The molecule has 0 atom stereocenters. The number of ether oxygens (including phenoxy) is 1. The minimum absolute atomic E-state index is 0.0372. The van der Waals surface area contributed by atoms with E-state index in [1.54, 1.807) is 35.0 Å². The van der Waals surface area contributed by atoms with Crippen LogP contribution in [0.25, 0.3) is 5.69 Å². The minimum Gasteiger partial charge on any atom is -0.469 e. The molecule has 1 N–H and O–H groups in total. The summed E-state index contributed by atoms with van der Waals surface area (Å²) in [5, 5.41) is 7.60. The average Bonchev–Trinajstić information content (AvgIpc) is 3.13. The van der Waals surface area contributed by atoms with Crippen molar-refractivity contribution in [1.29, 1.82) is 0 Å². The molecule has 3 rings (SSSR count). The Morgan fingerprint density at radius 3 is 2.68 bits per heavy atom. The third-order valence-corrected chi connectivity index (χ3v) is 4.35. The Hall–Kier alpha value is -3.19. The van der Waals surface area contributed by atoms with Crippen molar-refractivity contribution in [2.45, 2.75) is 19.8 Å². The quantitative estimate of drug-likeness (QED) is 0.642. The Kier molecular flexibility index (Phi) is 6.06. The molecule has 144 valence electrons. The Bertz CT molecular complexity index is 1020. The number of aryl methyl sites for hydroxylation is 1. The Morgan fingerprint density at radius 2 is 1.96 bits per heavy atom. The van der Waals surface area contributed by atoms with Gasteiger partial charge in [-0.25, -0.2) is 9.67 Å². The van der Waals surface area contributed by atoms with Crippen molar-refractivity contribution in [3.8, 4) is 5.69 Å². The average molecular weight is 399 g/mol. The van der Waals surface area contributed by atoms with Gasteiger partial charge in [0, 0.05) is 12.1 Å². The molecule has 0 bridgehead atoms. The number of para-hydroxylation sites is 1.